The van der Waals surface area contributed by atoms with Gasteiger partial charge in [-0.2, -0.15) is 15.4 Å². The molecule has 0 unspecified atom stereocenters. The summed E-state index contributed by atoms with van der Waals surface area (Å²) in [4.78, 5) is 14.6. The van der Waals surface area contributed by atoms with Gasteiger partial charge in [0.2, 0.25) is 0 Å². The minimum absolute atomic E-state index is 0.0503. The Morgan fingerprint density at radius 3 is 2.26 bits per heavy atom. The molecule has 0 spiro atoms. The zero-order valence-electron chi connectivity index (χ0n) is 20.5. The van der Waals surface area contributed by atoms with Crippen molar-refractivity contribution in [2.75, 3.05) is 11.5 Å². The van der Waals surface area contributed by atoms with Crippen LogP contribution >= 0.6 is 12.2 Å². The lowest BCUT2D eigenvalue weighted by atomic mass is 9.87. The number of aromatic nitrogens is 3. The summed E-state index contributed by atoms with van der Waals surface area (Å²) in [5.74, 6) is 0.286. The number of aryl methyl sites for hydroxylation is 2. The second-order valence-corrected chi connectivity index (χ2v) is 9.93. The van der Waals surface area contributed by atoms with Gasteiger partial charge in [-0.3, -0.25) is 15.0 Å². The van der Waals surface area contributed by atoms with Gasteiger partial charge >= 0.3 is 0 Å². The van der Waals surface area contributed by atoms with Crippen LogP contribution in [0.4, 0.5) is 11.4 Å². The number of hydrogen-bond donors (Lipinski definition) is 2. The second-order valence-electron chi connectivity index (χ2n) is 9.54. The molecule has 0 radical (unpaired) electrons. The van der Waals surface area contributed by atoms with Crippen LogP contribution in [0.2, 0.25) is 0 Å². The van der Waals surface area contributed by atoms with Crippen LogP contribution in [0.15, 0.2) is 60.7 Å². The molecule has 0 saturated carbocycles. The summed E-state index contributed by atoms with van der Waals surface area (Å²) in [6, 6.07) is 19.6. The molecule has 1 aromatic heterocycles. The lowest BCUT2D eigenvalue weighted by Gasteiger charge is -2.27. The predicted octanol–water partition coefficient (Wildman–Crippen LogP) is 5.49. The van der Waals surface area contributed by atoms with E-state index in [2.05, 4.69) is 41.5 Å². The Balaban J connectivity index is 1.52. The summed E-state index contributed by atoms with van der Waals surface area (Å²) >= 11 is 5.69. The molecular weight excluding hydrogens is 458 g/mol. The maximum Gasteiger partial charge on any atom is 0.264 e. The molecule has 7 nitrogen and oxygen atoms in total. The van der Waals surface area contributed by atoms with Crippen molar-refractivity contribution in [1.29, 1.82) is 0 Å². The van der Waals surface area contributed by atoms with E-state index >= 15 is 0 Å². The van der Waals surface area contributed by atoms with Gasteiger partial charge in [-0.05, 0) is 79.0 Å². The number of rotatable bonds is 5. The Labute approximate surface area is 210 Å². The molecule has 35 heavy (non-hydrogen) atoms. The Hall–Kier alpha value is -3.78. The van der Waals surface area contributed by atoms with Crippen molar-refractivity contribution in [2.24, 2.45) is 0 Å². The van der Waals surface area contributed by atoms with Crippen molar-refractivity contribution in [2.45, 2.75) is 40.0 Å². The number of carbonyl (C=O) groups excluding carboxylic acids is 1. The van der Waals surface area contributed by atoms with Crippen molar-refractivity contribution in [3.63, 3.8) is 0 Å². The molecule has 0 aliphatic rings. The number of benzene rings is 3. The normalized spacial score (nSPS) is 11.3. The van der Waals surface area contributed by atoms with Gasteiger partial charge in [-0.25, -0.2) is 0 Å². The van der Waals surface area contributed by atoms with E-state index in [0.29, 0.717) is 11.3 Å². The summed E-state index contributed by atoms with van der Waals surface area (Å²) in [6.45, 7) is 10.3. The number of H-pyrrole nitrogens is 1. The van der Waals surface area contributed by atoms with Crippen molar-refractivity contribution >= 4 is 45.6 Å². The van der Waals surface area contributed by atoms with E-state index in [-0.39, 0.29) is 23.0 Å². The Kier molecular flexibility index (Phi) is 6.84. The van der Waals surface area contributed by atoms with Crippen LogP contribution in [-0.4, -0.2) is 33.0 Å². The highest BCUT2D eigenvalue weighted by molar-refractivity contribution is 7.80. The average molecular weight is 488 g/mol. The summed E-state index contributed by atoms with van der Waals surface area (Å²) < 4.78 is 5.70. The number of nitrogens with one attached hydrogen (secondary N) is 2. The third-order valence-electron chi connectivity index (χ3n) is 5.71. The third-order valence-corrected chi connectivity index (χ3v) is 5.99. The van der Waals surface area contributed by atoms with Crippen molar-refractivity contribution in [1.82, 2.24) is 20.7 Å². The number of aromatic amines is 1. The first-order chi connectivity index (χ1) is 16.6. The number of amides is 1. The Bertz CT molecular complexity index is 1360. The summed E-state index contributed by atoms with van der Waals surface area (Å²) in [5.41, 5.74) is 6.41. The van der Waals surface area contributed by atoms with Gasteiger partial charge in [0, 0.05) is 5.69 Å². The molecule has 1 heterocycles. The molecule has 0 bridgehead atoms. The van der Waals surface area contributed by atoms with Gasteiger partial charge in [-0.15, -0.1) is 0 Å². The quantitative estimate of drug-likeness (QED) is 0.362. The molecule has 4 rings (SSSR count). The maximum atomic E-state index is 12.8. The molecule has 0 saturated heterocycles. The minimum atomic E-state index is -0.341. The van der Waals surface area contributed by atoms with Gasteiger partial charge < -0.3 is 4.74 Å². The van der Waals surface area contributed by atoms with Gasteiger partial charge in [0.25, 0.3) is 5.91 Å². The van der Waals surface area contributed by atoms with E-state index in [9.17, 15) is 4.79 Å². The zero-order valence-corrected chi connectivity index (χ0v) is 21.4. The number of thiocarbonyl (C=S) groups is 1. The molecule has 0 atom stereocenters. The Morgan fingerprint density at radius 1 is 1.00 bits per heavy atom. The number of hydrogen-bond acceptors (Lipinski definition) is 5. The van der Waals surface area contributed by atoms with Crippen LogP contribution in [0.3, 0.4) is 0 Å². The molecular formula is C27H29N5O2S. The molecule has 180 valence electrons. The maximum absolute atomic E-state index is 12.8. The fourth-order valence-electron chi connectivity index (χ4n) is 3.69. The summed E-state index contributed by atoms with van der Waals surface area (Å²) in [5, 5.41) is 14.1. The number of ether oxygens (including phenoxy) is 1. The zero-order chi connectivity index (χ0) is 25.2. The van der Waals surface area contributed by atoms with Crippen LogP contribution in [0.5, 0.6) is 5.75 Å². The third kappa shape index (κ3) is 5.66. The van der Waals surface area contributed by atoms with E-state index in [1.54, 1.807) is 0 Å². The first-order valence-corrected chi connectivity index (χ1v) is 11.8. The second kappa shape index (κ2) is 9.84. The first-order valence-electron chi connectivity index (χ1n) is 11.4. The van der Waals surface area contributed by atoms with E-state index in [1.165, 1.54) is 5.56 Å². The fraction of sp³-hybridized carbons (Fsp3) is 0.259. The van der Waals surface area contributed by atoms with E-state index < -0.39 is 0 Å². The van der Waals surface area contributed by atoms with Gasteiger partial charge in [-0.1, -0.05) is 50.6 Å². The number of nitrogens with zero attached hydrogens (tertiary/aromatic N) is 3. The molecule has 0 fully saturated rings. The van der Waals surface area contributed by atoms with E-state index in [0.717, 1.165) is 28.0 Å². The van der Waals surface area contributed by atoms with Crippen LogP contribution in [0.25, 0.3) is 11.0 Å². The van der Waals surface area contributed by atoms with Gasteiger partial charge in [0.1, 0.15) is 16.8 Å². The Morgan fingerprint density at radius 2 is 1.63 bits per heavy atom. The van der Waals surface area contributed by atoms with Crippen LogP contribution in [-0.2, 0) is 10.2 Å². The predicted molar refractivity (Wildman–Crippen MR) is 143 cm³/mol. The molecule has 3 aromatic carbocycles. The average Bonchev–Trinajstić information content (AvgIpc) is 3.26. The monoisotopic (exact) mass is 487 g/mol. The summed E-state index contributed by atoms with van der Waals surface area (Å²) in [7, 11) is 0. The molecule has 2 N–H and O–H groups in total. The SMILES string of the molecule is Cc1ccc(N(C(=S)NC(=O)COc2ccc(C(C)(C)C)cc2)c2cc3n[nH]nc3cc2C)cc1. The molecule has 0 aliphatic carbocycles. The fourth-order valence-corrected chi connectivity index (χ4v) is 4.01. The van der Waals surface area contributed by atoms with Gasteiger partial charge in [0.15, 0.2) is 11.7 Å². The highest BCUT2D eigenvalue weighted by Crippen LogP contribution is 2.31. The highest BCUT2D eigenvalue weighted by atomic mass is 32.1. The van der Waals surface area contributed by atoms with Crippen molar-refractivity contribution < 1.29 is 9.53 Å². The highest BCUT2D eigenvalue weighted by Gasteiger charge is 2.20. The summed E-state index contributed by atoms with van der Waals surface area (Å²) in [6.07, 6.45) is 0. The number of carbonyl (C=O) groups is 1. The smallest absolute Gasteiger partial charge is 0.264 e. The van der Waals surface area contributed by atoms with E-state index in [1.807, 2.05) is 79.4 Å². The molecule has 4 aromatic rings. The van der Waals surface area contributed by atoms with Crippen molar-refractivity contribution in [3.05, 3.63) is 77.4 Å². The topological polar surface area (TPSA) is 83.1 Å². The standard InChI is InChI=1S/C27H29N5O2S/c1-17-6-10-20(11-7-17)32(24-15-23-22(14-18(24)2)29-31-30-23)26(35)28-25(33)16-34-21-12-8-19(9-13-21)27(3,4)5/h6-15H,16H2,1-5H3,(H,28,33,35)(H,29,30,31). The van der Waals surface area contributed by atoms with Crippen LogP contribution < -0.4 is 15.0 Å². The minimum Gasteiger partial charge on any atom is -0.484 e. The van der Waals surface area contributed by atoms with Crippen LogP contribution in [0, 0.1) is 13.8 Å². The largest absolute Gasteiger partial charge is 0.484 e. The van der Waals surface area contributed by atoms with Crippen molar-refractivity contribution in [3.8, 4) is 5.75 Å². The number of fused-ring (bicyclic) bond motifs is 1. The lowest BCUT2D eigenvalue weighted by molar-refractivity contribution is -0.121. The van der Waals surface area contributed by atoms with Crippen LogP contribution in [0.1, 0.15) is 37.5 Å². The molecule has 0 aliphatic heterocycles. The van der Waals surface area contributed by atoms with E-state index in [4.69, 9.17) is 17.0 Å². The van der Waals surface area contributed by atoms with Gasteiger partial charge in [0.05, 0.1) is 5.69 Å². The molecule has 1 amide bonds. The first kappa shape index (κ1) is 24.3. The molecule has 8 heteroatoms. The number of anilines is 2. The lowest BCUT2D eigenvalue weighted by Crippen LogP contribution is -2.42.